The second kappa shape index (κ2) is 7.09. The van der Waals surface area contributed by atoms with Crippen LogP contribution in [0.3, 0.4) is 0 Å². The van der Waals surface area contributed by atoms with Crippen molar-refractivity contribution in [2.24, 2.45) is 5.92 Å². The van der Waals surface area contributed by atoms with E-state index in [1.807, 2.05) is 14.1 Å². The quantitative estimate of drug-likeness (QED) is 0.785. The molecule has 3 N–H and O–H groups in total. The molecule has 0 fully saturated rings. The maximum Gasteiger partial charge on any atom is 0.337 e. The summed E-state index contributed by atoms with van der Waals surface area (Å²) in [5, 5.41) is 8.94. The van der Waals surface area contributed by atoms with Gasteiger partial charge in [0.1, 0.15) is 0 Å². The van der Waals surface area contributed by atoms with Crippen LogP contribution < -0.4 is 10.6 Å². The molecule has 0 saturated carbocycles. The molecule has 0 spiro atoms. The maximum absolute atomic E-state index is 10.9. The Balaban J connectivity index is 2.97. The van der Waals surface area contributed by atoms with E-state index in [4.69, 9.17) is 10.8 Å². The molecule has 0 amide bonds. The summed E-state index contributed by atoms with van der Waals surface area (Å²) < 4.78 is 0. The Morgan fingerprint density at radius 3 is 2.50 bits per heavy atom. The number of anilines is 2. The van der Waals surface area contributed by atoms with Crippen molar-refractivity contribution < 1.29 is 9.90 Å². The summed E-state index contributed by atoms with van der Waals surface area (Å²) in [6.07, 6.45) is 1.36. The van der Waals surface area contributed by atoms with Crippen molar-refractivity contribution in [1.82, 2.24) is 9.88 Å². The smallest absolute Gasteiger partial charge is 0.337 e. The number of carbonyl (C=O) groups is 1. The predicted octanol–water partition coefficient (Wildman–Crippen LogP) is 1.39. The highest BCUT2D eigenvalue weighted by molar-refractivity contribution is 5.89. The van der Waals surface area contributed by atoms with Gasteiger partial charge >= 0.3 is 5.97 Å². The van der Waals surface area contributed by atoms with Crippen LogP contribution in [0.1, 0.15) is 24.2 Å². The van der Waals surface area contributed by atoms with Crippen molar-refractivity contribution in [3.63, 3.8) is 0 Å². The fraction of sp³-hybridized carbons (Fsp3) is 0.571. The number of nitrogens with zero attached hydrogens (tertiary/aromatic N) is 3. The Morgan fingerprint density at radius 1 is 1.40 bits per heavy atom. The monoisotopic (exact) mass is 280 g/mol. The first-order chi connectivity index (χ1) is 9.31. The SMILES string of the molecule is CC(C)CN(CCN(C)C)c1ncc(C(=O)O)cc1N. The van der Waals surface area contributed by atoms with E-state index in [0.29, 0.717) is 17.4 Å². The number of carboxylic acids is 1. The number of rotatable bonds is 7. The molecule has 20 heavy (non-hydrogen) atoms. The largest absolute Gasteiger partial charge is 0.478 e. The average molecular weight is 280 g/mol. The number of nitrogens with two attached hydrogens (primary N) is 1. The van der Waals surface area contributed by atoms with Crippen LogP contribution in [0.4, 0.5) is 11.5 Å². The summed E-state index contributed by atoms with van der Waals surface area (Å²) in [4.78, 5) is 19.3. The molecule has 112 valence electrons. The molecule has 0 aliphatic carbocycles. The molecule has 6 nitrogen and oxygen atoms in total. The van der Waals surface area contributed by atoms with E-state index in [2.05, 4.69) is 28.6 Å². The van der Waals surface area contributed by atoms with E-state index in [-0.39, 0.29) is 5.56 Å². The normalized spacial score (nSPS) is 11.1. The summed E-state index contributed by atoms with van der Waals surface area (Å²) in [7, 11) is 4.02. The Hall–Kier alpha value is -1.82. The number of aromatic nitrogens is 1. The topological polar surface area (TPSA) is 82.7 Å². The zero-order chi connectivity index (χ0) is 15.3. The minimum absolute atomic E-state index is 0.114. The molecule has 0 bridgehead atoms. The van der Waals surface area contributed by atoms with Crippen LogP contribution in [0.2, 0.25) is 0 Å². The van der Waals surface area contributed by atoms with E-state index in [1.165, 1.54) is 12.3 Å². The molecule has 1 rings (SSSR count). The summed E-state index contributed by atoms with van der Waals surface area (Å²) in [6, 6.07) is 1.47. The van der Waals surface area contributed by atoms with Gasteiger partial charge < -0.3 is 20.6 Å². The van der Waals surface area contributed by atoms with Crippen molar-refractivity contribution in [1.29, 1.82) is 0 Å². The van der Waals surface area contributed by atoms with Crippen LogP contribution in [-0.2, 0) is 0 Å². The van der Waals surface area contributed by atoms with Gasteiger partial charge in [-0.3, -0.25) is 0 Å². The summed E-state index contributed by atoms with van der Waals surface area (Å²) in [6.45, 7) is 6.77. The lowest BCUT2D eigenvalue weighted by atomic mass is 10.2. The summed E-state index contributed by atoms with van der Waals surface area (Å²) in [5.74, 6) is 0.113. The van der Waals surface area contributed by atoms with Crippen LogP contribution >= 0.6 is 0 Å². The van der Waals surface area contributed by atoms with E-state index in [1.54, 1.807) is 0 Å². The van der Waals surface area contributed by atoms with Gasteiger partial charge in [0.25, 0.3) is 0 Å². The minimum Gasteiger partial charge on any atom is -0.478 e. The van der Waals surface area contributed by atoms with Crippen molar-refractivity contribution in [2.75, 3.05) is 44.4 Å². The van der Waals surface area contributed by atoms with Crippen LogP contribution in [0.25, 0.3) is 0 Å². The third-order valence-electron chi connectivity index (χ3n) is 2.84. The predicted molar refractivity (Wildman–Crippen MR) is 81.2 cm³/mol. The van der Waals surface area contributed by atoms with Gasteiger partial charge in [-0.05, 0) is 26.1 Å². The first-order valence-electron chi connectivity index (χ1n) is 6.69. The third-order valence-corrected chi connectivity index (χ3v) is 2.84. The van der Waals surface area contributed by atoms with E-state index < -0.39 is 5.97 Å². The molecule has 0 atom stereocenters. The Labute approximate surface area is 120 Å². The number of aromatic carboxylic acids is 1. The molecule has 1 aromatic rings. The molecule has 0 radical (unpaired) electrons. The van der Waals surface area contributed by atoms with Gasteiger partial charge in [0.05, 0.1) is 11.3 Å². The molecule has 0 aromatic carbocycles. The molecular formula is C14H24N4O2. The first kappa shape index (κ1) is 16.2. The minimum atomic E-state index is -1.01. The Kier molecular flexibility index (Phi) is 5.76. The summed E-state index contributed by atoms with van der Waals surface area (Å²) in [5.41, 5.74) is 6.48. The third kappa shape index (κ3) is 4.70. The molecule has 0 aliphatic heterocycles. The molecule has 0 aliphatic rings. The molecule has 6 heteroatoms. The lowest BCUT2D eigenvalue weighted by molar-refractivity contribution is 0.0696. The van der Waals surface area contributed by atoms with Crippen molar-refractivity contribution in [3.8, 4) is 0 Å². The maximum atomic E-state index is 10.9. The Bertz CT molecular complexity index is 460. The van der Waals surface area contributed by atoms with Crippen LogP contribution in [0.15, 0.2) is 12.3 Å². The van der Waals surface area contributed by atoms with Crippen molar-refractivity contribution in [2.45, 2.75) is 13.8 Å². The number of nitrogen functional groups attached to an aromatic ring is 1. The van der Waals surface area contributed by atoms with Gasteiger partial charge in [0, 0.05) is 25.8 Å². The zero-order valence-electron chi connectivity index (χ0n) is 12.6. The van der Waals surface area contributed by atoms with E-state index >= 15 is 0 Å². The van der Waals surface area contributed by atoms with Crippen molar-refractivity contribution >= 4 is 17.5 Å². The van der Waals surface area contributed by atoms with Gasteiger partial charge in [-0.25, -0.2) is 9.78 Å². The van der Waals surface area contributed by atoms with Crippen LogP contribution in [-0.4, -0.2) is 54.7 Å². The molecular weight excluding hydrogens is 256 g/mol. The molecule has 1 heterocycles. The fourth-order valence-electron chi connectivity index (χ4n) is 1.90. The molecule has 0 unspecified atom stereocenters. The standard InChI is InChI=1S/C14H24N4O2/c1-10(2)9-18(6-5-17(3)4)13-12(15)7-11(8-16-13)14(19)20/h7-8,10H,5-6,9,15H2,1-4H3,(H,19,20). The van der Waals surface area contributed by atoms with Gasteiger partial charge in [0.2, 0.25) is 0 Å². The molecule has 0 saturated heterocycles. The molecule has 1 aromatic heterocycles. The number of carboxylic acid groups (broad SMARTS) is 1. The highest BCUT2D eigenvalue weighted by atomic mass is 16.4. The van der Waals surface area contributed by atoms with Gasteiger partial charge in [-0.15, -0.1) is 0 Å². The number of pyridine rings is 1. The number of hydrogen-bond acceptors (Lipinski definition) is 5. The second-order valence-corrected chi connectivity index (χ2v) is 5.59. The second-order valence-electron chi connectivity index (χ2n) is 5.59. The van der Waals surface area contributed by atoms with Gasteiger partial charge in [-0.1, -0.05) is 13.8 Å². The number of likely N-dealkylation sites (N-methyl/N-ethyl adjacent to an activating group) is 1. The number of hydrogen-bond donors (Lipinski definition) is 2. The van der Waals surface area contributed by atoms with Crippen LogP contribution in [0, 0.1) is 5.92 Å². The summed E-state index contributed by atoms with van der Waals surface area (Å²) >= 11 is 0. The first-order valence-corrected chi connectivity index (χ1v) is 6.69. The fourth-order valence-corrected chi connectivity index (χ4v) is 1.90. The van der Waals surface area contributed by atoms with E-state index in [9.17, 15) is 4.79 Å². The van der Waals surface area contributed by atoms with Crippen molar-refractivity contribution in [3.05, 3.63) is 17.8 Å². The van der Waals surface area contributed by atoms with Gasteiger partial charge in [0.15, 0.2) is 5.82 Å². The van der Waals surface area contributed by atoms with Gasteiger partial charge in [-0.2, -0.15) is 0 Å². The lowest BCUT2D eigenvalue weighted by Gasteiger charge is -2.28. The highest BCUT2D eigenvalue weighted by Gasteiger charge is 2.15. The van der Waals surface area contributed by atoms with E-state index in [0.717, 1.165) is 19.6 Å². The van der Waals surface area contributed by atoms with Crippen LogP contribution in [0.5, 0.6) is 0 Å². The lowest BCUT2D eigenvalue weighted by Crippen LogP contribution is -2.35. The highest BCUT2D eigenvalue weighted by Crippen LogP contribution is 2.22. The Morgan fingerprint density at radius 2 is 2.05 bits per heavy atom. The zero-order valence-corrected chi connectivity index (χ0v) is 12.6. The average Bonchev–Trinajstić information content (AvgIpc) is 2.33.